The van der Waals surface area contributed by atoms with E-state index in [0.29, 0.717) is 19.3 Å². The van der Waals surface area contributed by atoms with Crippen LogP contribution in [0.5, 0.6) is 0 Å². The standard InChI is InChI=1S/C26H28N2O5/c1-2-23(24(29)27-17-9-7-8-16(14-17)25(30)31)28-26(32)33-15-22-20-12-5-3-10-18(20)19-11-4-6-13-21(19)22/h3-7,9-13,16-17,22-23H,2,8,14-15H2,1H3,(H,27,29)(H,28,32)(H,30,31)/t16-,17-,23+/m1/s1. The van der Waals surface area contributed by atoms with Crippen molar-refractivity contribution in [2.45, 2.75) is 44.2 Å². The molecule has 0 unspecified atom stereocenters. The van der Waals surface area contributed by atoms with E-state index in [1.54, 1.807) is 19.1 Å². The summed E-state index contributed by atoms with van der Waals surface area (Å²) in [6.07, 6.45) is 4.09. The molecular formula is C26H28N2O5. The van der Waals surface area contributed by atoms with Crippen molar-refractivity contribution < 1.29 is 24.2 Å². The fourth-order valence-electron chi connectivity index (χ4n) is 4.62. The lowest BCUT2D eigenvalue weighted by molar-refractivity contribution is -0.142. The van der Waals surface area contributed by atoms with E-state index in [1.807, 2.05) is 36.4 Å². The number of amides is 2. The Hall–Kier alpha value is -3.61. The van der Waals surface area contributed by atoms with Crippen LogP contribution in [0.2, 0.25) is 0 Å². The molecule has 7 heteroatoms. The summed E-state index contributed by atoms with van der Waals surface area (Å²) in [5.74, 6) is -1.80. The lowest BCUT2D eigenvalue weighted by atomic mass is 9.91. The minimum Gasteiger partial charge on any atom is -0.481 e. The number of hydrogen-bond donors (Lipinski definition) is 3. The molecule has 2 aromatic carbocycles. The Balaban J connectivity index is 1.34. The van der Waals surface area contributed by atoms with Gasteiger partial charge in [0.1, 0.15) is 12.6 Å². The number of carbonyl (C=O) groups is 3. The van der Waals surface area contributed by atoms with Gasteiger partial charge in [-0.15, -0.1) is 0 Å². The molecule has 0 saturated heterocycles. The quantitative estimate of drug-likeness (QED) is 0.558. The Morgan fingerprint density at radius 2 is 1.70 bits per heavy atom. The summed E-state index contributed by atoms with van der Waals surface area (Å²) in [6, 6.07) is 15.0. The van der Waals surface area contributed by atoms with Gasteiger partial charge in [-0.2, -0.15) is 0 Å². The number of benzene rings is 2. The highest BCUT2D eigenvalue weighted by Gasteiger charge is 2.30. The van der Waals surface area contributed by atoms with Gasteiger partial charge in [0.15, 0.2) is 0 Å². The minimum absolute atomic E-state index is 0.0580. The molecule has 4 rings (SSSR count). The van der Waals surface area contributed by atoms with Crippen molar-refractivity contribution in [3.63, 3.8) is 0 Å². The average Bonchev–Trinajstić information content (AvgIpc) is 3.15. The highest BCUT2D eigenvalue weighted by molar-refractivity contribution is 5.86. The summed E-state index contributed by atoms with van der Waals surface area (Å²) >= 11 is 0. The molecule has 0 fully saturated rings. The summed E-state index contributed by atoms with van der Waals surface area (Å²) < 4.78 is 5.54. The number of alkyl carbamates (subject to hydrolysis) is 1. The van der Waals surface area contributed by atoms with Crippen molar-refractivity contribution in [1.82, 2.24) is 10.6 Å². The summed E-state index contributed by atoms with van der Waals surface area (Å²) in [5, 5.41) is 14.7. The molecule has 3 N–H and O–H groups in total. The van der Waals surface area contributed by atoms with E-state index in [-0.39, 0.29) is 24.5 Å². The molecule has 0 saturated carbocycles. The van der Waals surface area contributed by atoms with Gasteiger partial charge in [0.25, 0.3) is 0 Å². The van der Waals surface area contributed by atoms with E-state index in [0.717, 1.165) is 22.3 Å². The van der Waals surface area contributed by atoms with Gasteiger partial charge in [-0.25, -0.2) is 4.79 Å². The monoisotopic (exact) mass is 448 g/mol. The van der Waals surface area contributed by atoms with Crippen LogP contribution in [-0.2, 0) is 14.3 Å². The molecule has 0 spiro atoms. The number of rotatable bonds is 7. The number of hydrogen-bond acceptors (Lipinski definition) is 4. The number of carboxylic acid groups (broad SMARTS) is 1. The molecule has 0 aromatic heterocycles. The van der Waals surface area contributed by atoms with Gasteiger partial charge in [-0.3, -0.25) is 9.59 Å². The van der Waals surface area contributed by atoms with Crippen molar-refractivity contribution in [3.8, 4) is 11.1 Å². The molecule has 0 bridgehead atoms. The molecule has 2 aliphatic rings. The van der Waals surface area contributed by atoms with Crippen molar-refractivity contribution in [3.05, 3.63) is 71.8 Å². The summed E-state index contributed by atoms with van der Waals surface area (Å²) in [6.45, 7) is 1.97. The van der Waals surface area contributed by atoms with Gasteiger partial charge in [0, 0.05) is 12.0 Å². The summed E-state index contributed by atoms with van der Waals surface area (Å²) in [7, 11) is 0. The van der Waals surface area contributed by atoms with Crippen LogP contribution in [0.15, 0.2) is 60.7 Å². The number of ether oxygens (including phenoxy) is 1. The van der Waals surface area contributed by atoms with E-state index in [4.69, 9.17) is 4.74 Å². The van der Waals surface area contributed by atoms with Gasteiger partial charge in [-0.05, 0) is 41.5 Å². The molecule has 2 aliphatic carbocycles. The van der Waals surface area contributed by atoms with E-state index >= 15 is 0 Å². The van der Waals surface area contributed by atoms with Gasteiger partial charge in [-0.1, -0.05) is 67.6 Å². The zero-order valence-electron chi connectivity index (χ0n) is 18.5. The smallest absolute Gasteiger partial charge is 0.407 e. The van der Waals surface area contributed by atoms with Crippen LogP contribution in [0.3, 0.4) is 0 Å². The topological polar surface area (TPSA) is 105 Å². The highest BCUT2D eigenvalue weighted by atomic mass is 16.5. The second-order valence-electron chi connectivity index (χ2n) is 8.48. The van der Waals surface area contributed by atoms with Crippen molar-refractivity contribution in [2.24, 2.45) is 5.92 Å². The first-order valence-electron chi connectivity index (χ1n) is 11.3. The molecule has 33 heavy (non-hydrogen) atoms. The molecule has 3 atom stereocenters. The maximum Gasteiger partial charge on any atom is 0.407 e. The minimum atomic E-state index is -0.873. The molecule has 2 amide bonds. The van der Waals surface area contributed by atoms with Crippen LogP contribution in [0.4, 0.5) is 4.79 Å². The fraction of sp³-hybridized carbons (Fsp3) is 0.346. The average molecular weight is 449 g/mol. The molecular weight excluding hydrogens is 420 g/mol. The number of aliphatic carboxylic acids is 1. The van der Waals surface area contributed by atoms with E-state index in [1.165, 1.54) is 0 Å². The predicted molar refractivity (Wildman–Crippen MR) is 124 cm³/mol. The first kappa shape index (κ1) is 22.6. The number of fused-ring (bicyclic) bond motifs is 3. The third-order valence-electron chi connectivity index (χ3n) is 6.36. The van der Waals surface area contributed by atoms with Crippen LogP contribution in [-0.4, -0.2) is 41.8 Å². The molecule has 0 heterocycles. The van der Waals surface area contributed by atoms with Gasteiger partial charge < -0.3 is 20.5 Å². The Labute approximate surface area is 192 Å². The third-order valence-corrected chi connectivity index (χ3v) is 6.36. The van der Waals surface area contributed by atoms with Crippen LogP contribution in [0, 0.1) is 5.92 Å². The normalized spacial score (nSPS) is 19.8. The second-order valence-corrected chi connectivity index (χ2v) is 8.48. The molecule has 7 nitrogen and oxygen atoms in total. The van der Waals surface area contributed by atoms with Crippen LogP contribution in [0.25, 0.3) is 11.1 Å². The largest absolute Gasteiger partial charge is 0.481 e. The van der Waals surface area contributed by atoms with Crippen molar-refractivity contribution >= 4 is 18.0 Å². The zero-order chi connectivity index (χ0) is 23.4. The molecule has 0 aliphatic heterocycles. The highest BCUT2D eigenvalue weighted by Crippen LogP contribution is 2.44. The predicted octanol–water partition coefficient (Wildman–Crippen LogP) is 3.84. The lowest BCUT2D eigenvalue weighted by Gasteiger charge is -2.25. The fourth-order valence-corrected chi connectivity index (χ4v) is 4.62. The van der Waals surface area contributed by atoms with E-state index in [2.05, 4.69) is 22.8 Å². The second kappa shape index (κ2) is 9.90. The number of carboxylic acids is 1. The first-order valence-corrected chi connectivity index (χ1v) is 11.3. The Kier molecular flexibility index (Phi) is 6.77. The van der Waals surface area contributed by atoms with Gasteiger partial charge in [0.05, 0.1) is 5.92 Å². The van der Waals surface area contributed by atoms with Crippen LogP contribution < -0.4 is 10.6 Å². The lowest BCUT2D eigenvalue weighted by Crippen LogP contribution is -2.50. The van der Waals surface area contributed by atoms with Crippen molar-refractivity contribution in [1.29, 1.82) is 0 Å². The van der Waals surface area contributed by atoms with Crippen molar-refractivity contribution in [2.75, 3.05) is 6.61 Å². The van der Waals surface area contributed by atoms with Gasteiger partial charge in [0.2, 0.25) is 5.91 Å². The zero-order valence-corrected chi connectivity index (χ0v) is 18.5. The maximum absolute atomic E-state index is 12.7. The van der Waals surface area contributed by atoms with Crippen LogP contribution >= 0.6 is 0 Å². The SMILES string of the molecule is CC[C@H](NC(=O)OCC1c2ccccc2-c2ccccc21)C(=O)N[C@@H]1C=CC[C@@H](C(=O)O)C1. The van der Waals surface area contributed by atoms with E-state index in [9.17, 15) is 19.5 Å². The van der Waals surface area contributed by atoms with E-state index < -0.39 is 24.0 Å². The Morgan fingerprint density at radius 1 is 1.06 bits per heavy atom. The molecule has 2 aromatic rings. The summed E-state index contributed by atoms with van der Waals surface area (Å²) in [4.78, 5) is 36.4. The number of allylic oxidation sites excluding steroid dienone is 1. The number of carbonyl (C=O) groups excluding carboxylic acids is 2. The summed E-state index contributed by atoms with van der Waals surface area (Å²) in [5.41, 5.74) is 4.53. The van der Waals surface area contributed by atoms with Crippen LogP contribution in [0.1, 0.15) is 43.2 Å². The first-order chi connectivity index (χ1) is 16.0. The molecule has 172 valence electrons. The third kappa shape index (κ3) is 4.92. The Morgan fingerprint density at radius 3 is 2.30 bits per heavy atom. The number of nitrogens with one attached hydrogen (secondary N) is 2. The maximum atomic E-state index is 12.7. The Bertz CT molecular complexity index is 1030. The van der Waals surface area contributed by atoms with Gasteiger partial charge >= 0.3 is 12.1 Å². The molecule has 0 radical (unpaired) electrons.